The van der Waals surface area contributed by atoms with Crippen molar-refractivity contribution in [3.05, 3.63) is 58.1 Å². The number of benzene rings is 2. The number of hydrogen-bond acceptors (Lipinski definition) is 2. The maximum absolute atomic E-state index is 12.2. The molecule has 9 heteroatoms. The molecule has 0 aliphatic rings. The maximum Gasteiger partial charge on any atom is 0.446 e. The molecule has 2 amide bonds. The minimum atomic E-state index is -4.34. The zero-order valence-corrected chi connectivity index (χ0v) is 14.3. The van der Waals surface area contributed by atoms with Gasteiger partial charge in [-0.15, -0.1) is 0 Å². The average molecular weight is 395 g/mol. The highest BCUT2D eigenvalue weighted by molar-refractivity contribution is 8.00. The first-order valence-corrected chi connectivity index (χ1v) is 8.15. The highest BCUT2D eigenvalue weighted by atomic mass is 35.5. The predicted octanol–water partition coefficient (Wildman–Crippen LogP) is 5.93. The zero-order valence-electron chi connectivity index (χ0n) is 12.0. The van der Waals surface area contributed by atoms with Crippen LogP contribution in [0, 0.1) is 0 Å². The molecule has 128 valence electrons. The molecule has 2 aromatic rings. The summed E-state index contributed by atoms with van der Waals surface area (Å²) in [5.74, 6) is 0. The van der Waals surface area contributed by atoms with Crippen molar-refractivity contribution in [3.8, 4) is 0 Å². The summed E-state index contributed by atoms with van der Waals surface area (Å²) in [6.07, 6.45) is 0. The van der Waals surface area contributed by atoms with Gasteiger partial charge in [-0.3, -0.25) is 0 Å². The molecule has 0 spiro atoms. The van der Waals surface area contributed by atoms with Crippen LogP contribution < -0.4 is 10.6 Å². The van der Waals surface area contributed by atoms with Gasteiger partial charge in [0, 0.05) is 17.1 Å². The molecule has 24 heavy (non-hydrogen) atoms. The molecule has 2 rings (SSSR count). The van der Waals surface area contributed by atoms with E-state index in [2.05, 4.69) is 10.6 Å². The molecule has 0 fully saturated rings. The van der Waals surface area contributed by atoms with E-state index >= 15 is 0 Å². The van der Waals surface area contributed by atoms with Crippen molar-refractivity contribution in [2.24, 2.45) is 0 Å². The molecule has 2 aromatic carbocycles. The lowest BCUT2D eigenvalue weighted by atomic mass is 10.2. The van der Waals surface area contributed by atoms with Gasteiger partial charge in [0.15, 0.2) is 0 Å². The number of rotatable bonds is 4. The van der Waals surface area contributed by atoms with Gasteiger partial charge in [0.1, 0.15) is 0 Å². The van der Waals surface area contributed by atoms with Crippen LogP contribution in [0.1, 0.15) is 5.56 Å². The Balaban J connectivity index is 1.86. The van der Waals surface area contributed by atoms with Gasteiger partial charge >= 0.3 is 11.5 Å². The lowest BCUT2D eigenvalue weighted by Gasteiger charge is -2.09. The number of nitrogens with one attached hydrogen (secondary N) is 2. The first kappa shape index (κ1) is 18.8. The molecule has 0 saturated heterocycles. The number of alkyl halides is 3. The minimum absolute atomic E-state index is 0.0456. The number of thioether (sulfide) groups is 1. The fourth-order valence-corrected chi connectivity index (χ4v) is 2.61. The number of urea groups is 1. The quantitative estimate of drug-likeness (QED) is 0.631. The number of hydrogen-bond donors (Lipinski definition) is 2. The van der Waals surface area contributed by atoms with Gasteiger partial charge in [-0.05, 0) is 53.7 Å². The predicted molar refractivity (Wildman–Crippen MR) is 90.7 cm³/mol. The topological polar surface area (TPSA) is 41.1 Å². The molecular weight excluding hydrogens is 384 g/mol. The van der Waals surface area contributed by atoms with Crippen molar-refractivity contribution in [3.63, 3.8) is 0 Å². The van der Waals surface area contributed by atoms with Gasteiger partial charge < -0.3 is 10.6 Å². The highest BCUT2D eigenvalue weighted by Crippen LogP contribution is 2.37. The Morgan fingerprint density at radius 2 is 1.71 bits per heavy atom. The second-order valence-corrected chi connectivity index (χ2v) is 6.58. The Labute approximate surface area is 150 Å². The van der Waals surface area contributed by atoms with Crippen molar-refractivity contribution in [2.45, 2.75) is 16.9 Å². The molecule has 0 unspecified atom stereocenters. The van der Waals surface area contributed by atoms with Gasteiger partial charge in [-0.1, -0.05) is 29.3 Å². The third-order valence-corrected chi connectivity index (χ3v) is 4.26. The molecule has 0 atom stereocenters. The summed E-state index contributed by atoms with van der Waals surface area (Å²) in [6.45, 7) is 0.227. The Bertz CT molecular complexity index is 724. The van der Waals surface area contributed by atoms with Gasteiger partial charge in [-0.2, -0.15) is 13.2 Å². The van der Waals surface area contributed by atoms with E-state index in [1.807, 2.05) is 0 Å². The smallest absolute Gasteiger partial charge is 0.334 e. The van der Waals surface area contributed by atoms with Gasteiger partial charge in [0.25, 0.3) is 0 Å². The summed E-state index contributed by atoms with van der Waals surface area (Å²) in [7, 11) is 0. The average Bonchev–Trinajstić information content (AvgIpc) is 2.49. The second kappa shape index (κ2) is 8.00. The molecule has 0 heterocycles. The van der Waals surface area contributed by atoms with Crippen LogP contribution in [0.2, 0.25) is 10.0 Å². The maximum atomic E-state index is 12.2. The molecule has 0 radical (unpaired) electrons. The van der Waals surface area contributed by atoms with Crippen LogP contribution in [0.3, 0.4) is 0 Å². The van der Waals surface area contributed by atoms with Gasteiger partial charge in [0.05, 0.1) is 10.0 Å². The molecule has 3 nitrogen and oxygen atoms in total. The standard InChI is InChI=1S/C15H11Cl2F3N2OS/c16-12-6-1-9(7-13(12)17)8-21-14(23)22-10-2-4-11(5-3-10)24-15(18,19)20/h1-7H,8H2,(H2,21,22,23). The largest absolute Gasteiger partial charge is 0.446 e. The fourth-order valence-electron chi connectivity index (χ4n) is 1.75. The molecule has 0 aromatic heterocycles. The minimum Gasteiger partial charge on any atom is -0.334 e. The first-order valence-electron chi connectivity index (χ1n) is 6.57. The van der Waals surface area contributed by atoms with Crippen molar-refractivity contribution in [2.75, 3.05) is 5.32 Å². The highest BCUT2D eigenvalue weighted by Gasteiger charge is 2.29. The molecule has 2 N–H and O–H groups in total. The van der Waals surface area contributed by atoms with Crippen molar-refractivity contribution < 1.29 is 18.0 Å². The number of anilines is 1. The fraction of sp³-hybridized carbons (Fsp3) is 0.133. The zero-order chi connectivity index (χ0) is 17.7. The lowest BCUT2D eigenvalue weighted by molar-refractivity contribution is -0.0328. The second-order valence-electron chi connectivity index (χ2n) is 4.63. The number of carbonyl (C=O) groups is 1. The summed E-state index contributed by atoms with van der Waals surface area (Å²) in [5, 5.41) is 5.94. The van der Waals surface area contributed by atoms with Crippen molar-refractivity contribution in [1.29, 1.82) is 0 Å². The SMILES string of the molecule is O=C(NCc1ccc(Cl)c(Cl)c1)Nc1ccc(SC(F)(F)F)cc1. The van der Waals surface area contributed by atoms with Gasteiger partial charge in [-0.25, -0.2) is 4.79 Å². The summed E-state index contributed by atoms with van der Waals surface area (Å²) in [5.41, 5.74) is -3.20. The number of amides is 2. The number of halogens is 5. The van der Waals surface area contributed by atoms with E-state index in [0.29, 0.717) is 15.7 Å². The van der Waals surface area contributed by atoms with E-state index < -0.39 is 11.5 Å². The Morgan fingerprint density at radius 1 is 1.04 bits per heavy atom. The number of carbonyl (C=O) groups excluding carboxylic acids is 1. The summed E-state index contributed by atoms with van der Waals surface area (Å²) in [6, 6.07) is 9.84. The monoisotopic (exact) mass is 394 g/mol. The van der Waals surface area contributed by atoms with Crippen LogP contribution in [0.4, 0.5) is 23.7 Å². The first-order chi connectivity index (χ1) is 11.2. The van der Waals surface area contributed by atoms with E-state index in [1.165, 1.54) is 24.3 Å². The van der Waals surface area contributed by atoms with E-state index in [9.17, 15) is 18.0 Å². The third kappa shape index (κ3) is 6.14. The Kier molecular flexibility index (Phi) is 6.26. The van der Waals surface area contributed by atoms with Crippen LogP contribution in [0.25, 0.3) is 0 Å². The summed E-state index contributed by atoms with van der Waals surface area (Å²) >= 11 is 11.5. The van der Waals surface area contributed by atoms with E-state index in [1.54, 1.807) is 18.2 Å². The van der Waals surface area contributed by atoms with Crippen molar-refractivity contribution in [1.82, 2.24) is 5.32 Å². The Morgan fingerprint density at radius 3 is 2.29 bits per heavy atom. The van der Waals surface area contributed by atoms with Crippen LogP contribution in [-0.4, -0.2) is 11.5 Å². The van der Waals surface area contributed by atoms with Crippen molar-refractivity contribution >= 4 is 46.7 Å². The molecule has 0 aliphatic heterocycles. The van der Waals surface area contributed by atoms with E-state index in [0.717, 1.165) is 5.56 Å². The van der Waals surface area contributed by atoms with Gasteiger partial charge in [0.2, 0.25) is 0 Å². The van der Waals surface area contributed by atoms with Crippen LogP contribution in [0.5, 0.6) is 0 Å². The summed E-state index contributed by atoms with van der Waals surface area (Å²) in [4.78, 5) is 11.8. The molecule has 0 bridgehead atoms. The van der Waals surface area contributed by atoms with Crippen LogP contribution in [0.15, 0.2) is 47.4 Å². The normalized spacial score (nSPS) is 11.2. The third-order valence-electron chi connectivity index (χ3n) is 2.78. The molecular formula is C15H11Cl2F3N2OS. The van der Waals surface area contributed by atoms with Crippen LogP contribution in [-0.2, 0) is 6.54 Å². The van der Waals surface area contributed by atoms with E-state index in [4.69, 9.17) is 23.2 Å². The molecule has 0 aliphatic carbocycles. The lowest BCUT2D eigenvalue weighted by Crippen LogP contribution is -2.28. The van der Waals surface area contributed by atoms with E-state index in [-0.39, 0.29) is 23.2 Å². The molecule has 0 saturated carbocycles. The Hall–Kier alpha value is -1.57. The van der Waals surface area contributed by atoms with Crippen LogP contribution >= 0.6 is 35.0 Å². The summed E-state index contributed by atoms with van der Waals surface area (Å²) < 4.78 is 36.7.